The topological polar surface area (TPSA) is 54.4 Å². The van der Waals surface area contributed by atoms with Crippen LogP contribution in [-0.4, -0.2) is 16.9 Å². The highest BCUT2D eigenvalue weighted by atomic mass is 16.4. The average Bonchev–Trinajstić information content (AvgIpc) is 2.36. The van der Waals surface area contributed by atoms with Crippen molar-refractivity contribution in [1.29, 1.82) is 0 Å². The van der Waals surface area contributed by atoms with E-state index in [4.69, 9.17) is 5.11 Å². The second-order valence-electron chi connectivity index (χ2n) is 5.16. The highest BCUT2D eigenvalue weighted by Crippen LogP contribution is 2.32. The molecule has 0 fully saturated rings. The molecule has 1 unspecified atom stereocenters. The summed E-state index contributed by atoms with van der Waals surface area (Å²) in [5, 5.41) is 8.98. The van der Waals surface area contributed by atoms with Crippen molar-refractivity contribution >= 4 is 11.8 Å². The number of ketones is 1. The van der Waals surface area contributed by atoms with E-state index < -0.39 is 17.3 Å². The highest BCUT2D eigenvalue weighted by Gasteiger charge is 2.34. The predicted octanol–water partition coefficient (Wildman–Crippen LogP) is 3.25. The van der Waals surface area contributed by atoms with E-state index in [0.29, 0.717) is 6.42 Å². The van der Waals surface area contributed by atoms with Crippen molar-refractivity contribution in [2.75, 3.05) is 0 Å². The molecule has 1 atom stereocenters. The van der Waals surface area contributed by atoms with Gasteiger partial charge >= 0.3 is 5.97 Å². The van der Waals surface area contributed by atoms with E-state index in [-0.39, 0.29) is 12.2 Å². The lowest BCUT2D eigenvalue weighted by atomic mass is 9.75. The summed E-state index contributed by atoms with van der Waals surface area (Å²) in [4.78, 5) is 23.4. The fourth-order valence-corrected chi connectivity index (χ4v) is 1.87. The van der Waals surface area contributed by atoms with Crippen LogP contribution in [0.2, 0.25) is 0 Å². The zero-order chi connectivity index (χ0) is 13.8. The van der Waals surface area contributed by atoms with Crippen LogP contribution < -0.4 is 0 Å². The largest absolute Gasteiger partial charge is 0.481 e. The van der Waals surface area contributed by atoms with Crippen molar-refractivity contribution in [2.45, 2.75) is 39.5 Å². The van der Waals surface area contributed by atoms with E-state index in [0.717, 1.165) is 5.56 Å². The van der Waals surface area contributed by atoms with Crippen LogP contribution >= 0.6 is 0 Å². The zero-order valence-corrected chi connectivity index (χ0v) is 11.1. The van der Waals surface area contributed by atoms with Crippen molar-refractivity contribution < 1.29 is 14.7 Å². The summed E-state index contributed by atoms with van der Waals surface area (Å²) in [6, 6.07) is 9.15. The van der Waals surface area contributed by atoms with E-state index in [2.05, 4.69) is 0 Å². The summed E-state index contributed by atoms with van der Waals surface area (Å²) in [5.41, 5.74) is 0.294. The number of aliphatic carboxylic acids is 1. The third-order valence-electron chi connectivity index (χ3n) is 3.45. The lowest BCUT2D eigenvalue weighted by Crippen LogP contribution is -2.30. The van der Waals surface area contributed by atoms with Gasteiger partial charge in [-0.25, -0.2) is 0 Å². The van der Waals surface area contributed by atoms with Gasteiger partial charge in [0.05, 0.1) is 12.3 Å². The first-order valence-electron chi connectivity index (χ1n) is 6.19. The van der Waals surface area contributed by atoms with Gasteiger partial charge in [0.15, 0.2) is 0 Å². The van der Waals surface area contributed by atoms with E-state index >= 15 is 0 Å². The maximum atomic E-state index is 12.5. The van der Waals surface area contributed by atoms with E-state index in [9.17, 15) is 9.59 Å². The van der Waals surface area contributed by atoms with E-state index in [1.807, 2.05) is 51.1 Å². The van der Waals surface area contributed by atoms with E-state index in [1.165, 1.54) is 0 Å². The number of carbonyl (C=O) groups is 2. The number of carboxylic acids is 1. The maximum absolute atomic E-state index is 12.5. The number of hydrogen-bond acceptors (Lipinski definition) is 2. The summed E-state index contributed by atoms with van der Waals surface area (Å²) in [5.74, 6) is -1.50. The molecule has 0 aliphatic heterocycles. The van der Waals surface area contributed by atoms with Crippen LogP contribution in [0.25, 0.3) is 0 Å². The number of Topliss-reactive ketones (excluding diaryl/α,β-unsaturated/α-hetero) is 1. The first-order valence-corrected chi connectivity index (χ1v) is 6.19. The molecule has 0 saturated heterocycles. The SMILES string of the molecule is CCC(C)(C)C(=O)C(CC(=O)O)c1ccccc1. The third kappa shape index (κ3) is 3.42. The number of carbonyl (C=O) groups excluding carboxylic acids is 1. The van der Waals surface area contributed by atoms with Crippen LogP contribution in [0.5, 0.6) is 0 Å². The minimum Gasteiger partial charge on any atom is -0.481 e. The van der Waals surface area contributed by atoms with Gasteiger partial charge in [-0.1, -0.05) is 51.1 Å². The Hall–Kier alpha value is -1.64. The van der Waals surface area contributed by atoms with Crippen molar-refractivity contribution in [3.8, 4) is 0 Å². The summed E-state index contributed by atoms with van der Waals surface area (Å²) >= 11 is 0. The molecule has 1 N–H and O–H groups in total. The highest BCUT2D eigenvalue weighted by molar-refractivity contribution is 5.93. The zero-order valence-electron chi connectivity index (χ0n) is 11.1. The van der Waals surface area contributed by atoms with Crippen LogP contribution in [-0.2, 0) is 9.59 Å². The molecule has 0 amide bonds. The Balaban J connectivity index is 3.07. The molecule has 0 saturated carbocycles. The first-order chi connectivity index (χ1) is 8.38. The Morgan fingerprint density at radius 2 is 1.78 bits per heavy atom. The molecule has 98 valence electrons. The van der Waals surface area contributed by atoms with Crippen LogP contribution in [0.1, 0.15) is 45.1 Å². The van der Waals surface area contributed by atoms with Gasteiger partial charge in [-0.3, -0.25) is 9.59 Å². The molecular weight excluding hydrogens is 228 g/mol. The molecule has 0 heterocycles. The number of carboxylic acid groups (broad SMARTS) is 1. The molecular formula is C15H20O3. The summed E-state index contributed by atoms with van der Waals surface area (Å²) in [6.45, 7) is 5.68. The molecule has 0 spiro atoms. The Kier molecular flexibility index (Phi) is 4.65. The molecule has 0 radical (unpaired) electrons. The molecule has 0 bridgehead atoms. The van der Waals surface area contributed by atoms with Crippen molar-refractivity contribution in [2.24, 2.45) is 5.41 Å². The van der Waals surface area contributed by atoms with Crippen molar-refractivity contribution in [1.82, 2.24) is 0 Å². The fraction of sp³-hybridized carbons (Fsp3) is 0.467. The minimum atomic E-state index is -0.941. The third-order valence-corrected chi connectivity index (χ3v) is 3.45. The Bertz CT molecular complexity index is 421. The Morgan fingerprint density at radius 3 is 2.22 bits per heavy atom. The van der Waals surface area contributed by atoms with Gasteiger partial charge in [0.1, 0.15) is 5.78 Å². The predicted molar refractivity (Wildman–Crippen MR) is 70.5 cm³/mol. The van der Waals surface area contributed by atoms with Crippen molar-refractivity contribution in [3.05, 3.63) is 35.9 Å². The standard InChI is InChI=1S/C15H20O3/c1-4-15(2,3)14(18)12(10-13(16)17)11-8-6-5-7-9-11/h5-9,12H,4,10H2,1-3H3,(H,16,17). The minimum absolute atomic E-state index is 0.00130. The lowest BCUT2D eigenvalue weighted by Gasteiger charge is -2.26. The van der Waals surface area contributed by atoms with Gasteiger partial charge in [0, 0.05) is 5.41 Å². The second kappa shape index (κ2) is 5.80. The molecule has 3 nitrogen and oxygen atoms in total. The monoisotopic (exact) mass is 248 g/mol. The maximum Gasteiger partial charge on any atom is 0.304 e. The molecule has 1 rings (SSSR count). The van der Waals surface area contributed by atoms with Gasteiger partial charge in [0.2, 0.25) is 0 Å². The summed E-state index contributed by atoms with van der Waals surface area (Å²) < 4.78 is 0. The van der Waals surface area contributed by atoms with Crippen LogP contribution in [0, 0.1) is 5.41 Å². The van der Waals surface area contributed by atoms with Gasteiger partial charge in [-0.15, -0.1) is 0 Å². The van der Waals surface area contributed by atoms with E-state index in [1.54, 1.807) is 0 Å². The number of benzene rings is 1. The average molecular weight is 248 g/mol. The molecule has 1 aromatic carbocycles. The van der Waals surface area contributed by atoms with Gasteiger partial charge in [-0.2, -0.15) is 0 Å². The molecule has 0 aliphatic carbocycles. The quantitative estimate of drug-likeness (QED) is 0.840. The van der Waals surface area contributed by atoms with Crippen LogP contribution in [0.4, 0.5) is 0 Å². The summed E-state index contributed by atoms with van der Waals surface area (Å²) in [6.07, 6.45) is 0.557. The normalized spacial score (nSPS) is 13.1. The lowest BCUT2D eigenvalue weighted by molar-refractivity contribution is -0.140. The van der Waals surface area contributed by atoms with Gasteiger partial charge in [-0.05, 0) is 12.0 Å². The Labute approximate surface area is 108 Å². The number of rotatable bonds is 6. The Morgan fingerprint density at radius 1 is 1.22 bits per heavy atom. The fourth-order valence-electron chi connectivity index (χ4n) is 1.87. The van der Waals surface area contributed by atoms with Crippen molar-refractivity contribution in [3.63, 3.8) is 0 Å². The molecule has 3 heteroatoms. The summed E-state index contributed by atoms with van der Waals surface area (Å²) in [7, 11) is 0. The van der Waals surface area contributed by atoms with Crippen LogP contribution in [0.3, 0.4) is 0 Å². The first kappa shape index (κ1) is 14.4. The molecule has 1 aromatic rings. The molecule has 18 heavy (non-hydrogen) atoms. The second-order valence-corrected chi connectivity index (χ2v) is 5.16. The van der Waals surface area contributed by atoms with Gasteiger partial charge in [0.25, 0.3) is 0 Å². The van der Waals surface area contributed by atoms with Crippen LogP contribution in [0.15, 0.2) is 30.3 Å². The molecule has 0 aromatic heterocycles. The van der Waals surface area contributed by atoms with Gasteiger partial charge < -0.3 is 5.11 Å². The number of hydrogen-bond donors (Lipinski definition) is 1. The molecule has 0 aliphatic rings. The smallest absolute Gasteiger partial charge is 0.304 e.